The van der Waals surface area contributed by atoms with Crippen molar-refractivity contribution in [3.8, 4) is 11.5 Å². The van der Waals surface area contributed by atoms with Crippen LogP contribution < -0.4 is 14.9 Å². The molecule has 0 atom stereocenters. The molecule has 0 radical (unpaired) electrons. The highest BCUT2D eigenvalue weighted by molar-refractivity contribution is 9.10. The van der Waals surface area contributed by atoms with E-state index >= 15 is 0 Å². The number of rotatable bonds is 8. The van der Waals surface area contributed by atoms with Crippen molar-refractivity contribution in [3.63, 3.8) is 0 Å². The summed E-state index contributed by atoms with van der Waals surface area (Å²) in [4.78, 5) is 12.3. The fourth-order valence-electron chi connectivity index (χ4n) is 2.90. The number of hydrazone groups is 1. The van der Waals surface area contributed by atoms with Gasteiger partial charge in [-0.3, -0.25) is 4.79 Å². The number of amides is 1. The van der Waals surface area contributed by atoms with Gasteiger partial charge in [0, 0.05) is 10.6 Å². The lowest BCUT2D eigenvalue weighted by Gasteiger charge is -2.15. The molecule has 0 aliphatic rings. The summed E-state index contributed by atoms with van der Waals surface area (Å²) in [7, 11) is 0. The Balaban J connectivity index is 1.73. The predicted molar refractivity (Wildman–Crippen MR) is 127 cm³/mol. The molecular weight excluding hydrogens is 480 g/mol. The number of ether oxygens (including phenoxy) is 2. The number of benzene rings is 3. The molecule has 0 saturated heterocycles. The fraction of sp³-hybridized carbons (Fsp3) is 0.167. The highest BCUT2D eigenvalue weighted by Gasteiger charge is 2.13. The Kier molecular flexibility index (Phi) is 8.09. The second-order valence-corrected chi connectivity index (χ2v) is 7.99. The molecular formula is C24H22BrClN2O3. The number of nitrogens with one attached hydrogen (secondary N) is 1. The average molecular weight is 502 g/mol. The lowest BCUT2D eigenvalue weighted by molar-refractivity contribution is 0.0954. The number of halogens is 2. The van der Waals surface area contributed by atoms with Gasteiger partial charge in [-0.25, -0.2) is 5.43 Å². The lowest BCUT2D eigenvalue weighted by Crippen LogP contribution is -2.18. The maximum Gasteiger partial charge on any atom is 0.271 e. The molecule has 3 aromatic rings. The Morgan fingerprint density at radius 2 is 1.94 bits per heavy atom. The van der Waals surface area contributed by atoms with Gasteiger partial charge < -0.3 is 9.47 Å². The minimum Gasteiger partial charge on any atom is -0.490 e. The molecule has 1 amide bonds. The zero-order valence-corrected chi connectivity index (χ0v) is 19.5. The van der Waals surface area contributed by atoms with Gasteiger partial charge in [0.15, 0.2) is 11.5 Å². The molecule has 1 N–H and O–H groups in total. The van der Waals surface area contributed by atoms with E-state index in [1.807, 2.05) is 68.4 Å². The van der Waals surface area contributed by atoms with Crippen LogP contribution in [0, 0.1) is 6.92 Å². The van der Waals surface area contributed by atoms with Gasteiger partial charge in [0.2, 0.25) is 0 Å². The average Bonchev–Trinajstić information content (AvgIpc) is 2.73. The summed E-state index contributed by atoms with van der Waals surface area (Å²) in [6.45, 7) is 4.60. The minimum atomic E-state index is -0.264. The molecule has 3 aromatic carbocycles. The van der Waals surface area contributed by atoms with Crippen molar-refractivity contribution in [3.05, 3.63) is 92.4 Å². The molecule has 0 bridgehead atoms. The topological polar surface area (TPSA) is 59.9 Å². The summed E-state index contributed by atoms with van der Waals surface area (Å²) >= 11 is 9.59. The summed E-state index contributed by atoms with van der Waals surface area (Å²) < 4.78 is 12.5. The second kappa shape index (κ2) is 11.0. The third-order valence-electron chi connectivity index (χ3n) is 4.37. The van der Waals surface area contributed by atoms with E-state index in [-0.39, 0.29) is 5.91 Å². The SMILES string of the molecule is CCOc1cc(/C=N\NC(=O)c2ccccc2C)cc(Br)c1OCc1cccc(Cl)c1. The molecule has 3 rings (SSSR count). The Morgan fingerprint density at radius 1 is 1.13 bits per heavy atom. The van der Waals surface area contributed by atoms with E-state index in [4.69, 9.17) is 21.1 Å². The van der Waals surface area contributed by atoms with Gasteiger partial charge in [-0.2, -0.15) is 5.10 Å². The lowest BCUT2D eigenvalue weighted by atomic mass is 10.1. The fourth-order valence-corrected chi connectivity index (χ4v) is 3.69. The summed E-state index contributed by atoms with van der Waals surface area (Å²) in [6, 6.07) is 18.5. The van der Waals surface area contributed by atoms with Gasteiger partial charge in [0.25, 0.3) is 5.91 Å². The van der Waals surface area contributed by atoms with Gasteiger partial charge in [-0.15, -0.1) is 0 Å². The number of aryl methyl sites for hydroxylation is 1. The minimum absolute atomic E-state index is 0.264. The van der Waals surface area contributed by atoms with Crippen LogP contribution in [-0.2, 0) is 6.61 Å². The number of carbonyl (C=O) groups is 1. The van der Waals surface area contributed by atoms with Crippen LogP contribution in [0.2, 0.25) is 5.02 Å². The summed E-state index contributed by atoms with van der Waals surface area (Å²) in [6.07, 6.45) is 1.56. The number of hydrogen-bond donors (Lipinski definition) is 1. The van der Waals surface area contributed by atoms with E-state index in [0.29, 0.717) is 39.8 Å². The molecule has 0 aromatic heterocycles. The first-order chi connectivity index (χ1) is 15.0. The molecule has 0 aliphatic carbocycles. The maximum absolute atomic E-state index is 12.3. The van der Waals surface area contributed by atoms with Crippen molar-refractivity contribution in [2.45, 2.75) is 20.5 Å². The van der Waals surface area contributed by atoms with Crippen LogP contribution in [0.1, 0.15) is 34.0 Å². The first kappa shape index (κ1) is 22.8. The predicted octanol–water partition coefficient (Wildman–Crippen LogP) is 6.15. The Hall–Kier alpha value is -2.83. The van der Waals surface area contributed by atoms with Gasteiger partial charge in [-0.1, -0.05) is 41.9 Å². The Bertz CT molecular complexity index is 1100. The van der Waals surface area contributed by atoms with Gasteiger partial charge in [0.05, 0.1) is 17.3 Å². The highest BCUT2D eigenvalue weighted by atomic mass is 79.9. The van der Waals surface area contributed by atoms with Crippen LogP contribution in [0.4, 0.5) is 0 Å². The van der Waals surface area contributed by atoms with Crippen LogP contribution in [0.3, 0.4) is 0 Å². The third-order valence-corrected chi connectivity index (χ3v) is 5.20. The van der Waals surface area contributed by atoms with Crippen LogP contribution >= 0.6 is 27.5 Å². The summed E-state index contributed by atoms with van der Waals surface area (Å²) in [5, 5.41) is 4.73. The molecule has 0 aliphatic heterocycles. The van der Waals surface area contributed by atoms with Crippen LogP contribution in [0.25, 0.3) is 0 Å². The van der Waals surface area contributed by atoms with Crippen molar-refractivity contribution in [2.75, 3.05) is 6.61 Å². The van der Waals surface area contributed by atoms with Crippen molar-refractivity contribution in [1.29, 1.82) is 0 Å². The highest BCUT2D eigenvalue weighted by Crippen LogP contribution is 2.37. The molecule has 0 saturated carbocycles. The Labute approximate surface area is 195 Å². The summed E-state index contributed by atoms with van der Waals surface area (Å²) in [5.74, 6) is 0.897. The Morgan fingerprint density at radius 3 is 2.68 bits per heavy atom. The van der Waals surface area contributed by atoms with Crippen molar-refractivity contribution in [1.82, 2.24) is 5.43 Å². The standard InChI is InChI=1S/C24H22BrClN2O3/c1-3-30-22-13-18(14-27-28-24(29)20-10-5-4-7-16(20)2)12-21(25)23(22)31-15-17-8-6-9-19(26)11-17/h4-14H,3,15H2,1-2H3,(H,28,29)/b27-14-. The number of carbonyl (C=O) groups excluding carboxylic acids is 1. The normalized spacial score (nSPS) is 10.8. The van der Waals surface area contributed by atoms with E-state index < -0.39 is 0 Å². The molecule has 0 spiro atoms. The smallest absolute Gasteiger partial charge is 0.271 e. The quantitative estimate of drug-likeness (QED) is 0.297. The zero-order chi connectivity index (χ0) is 22.2. The molecule has 0 fully saturated rings. The molecule has 0 heterocycles. The van der Waals surface area contributed by atoms with E-state index in [1.54, 1.807) is 12.3 Å². The van der Waals surface area contributed by atoms with E-state index in [2.05, 4.69) is 26.5 Å². The first-order valence-corrected chi connectivity index (χ1v) is 10.9. The van der Waals surface area contributed by atoms with Gasteiger partial charge in [-0.05, 0) is 76.8 Å². The largest absolute Gasteiger partial charge is 0.490 e. The zero-order valence-electron chi connectivity index (χ0n) is 17.2. The van der Waals surface area contributed by atoms with Gasteiger partial charge in [0.1, 0.15) is 6.61 Å². The molecule has 7 heteroatoms. The molecule has 160 valence electrons. The van der Waals surface area contributed by atoms with Crippen LogP contribution in [0.15, 0.2) is 70.2 Å². The van der Waals surface area contributed by atoms with E-state index in [0.717, 1.165) is 16.7 Å². The van der Waals surface area contributed by atoms with Crippen LogP contribution in [-0.4, -0.2) is 18.7 Å². The first-order valence-electron chi connectivity index (χ1n) is 9.70. The van der Waals surface area contributed by atoms with Crippen LogP contribution in [0.5, 0.6) is 11.5 Å². The third kappa shape index (κ3) is 6.32. The molecule has 31 heavy (non-hydrogen) atoms. The van der Waals surface area contributed by atoms with Crippen molar-refractivity contribution < 1.29 is 14.3 Å². The molecule has 5 nitrogen and oxygen atoms in total. The van der Waals surface area contributed by atoms with Crippen molar-refractivity contribution >= 4 is 39.7 Å². The van der Waals surface area contributed by atoms with Crippen molar-refractivity contribution in [2.24, 2.45) is 5.10 Å². The van der Waals surface area contributed by atoms with Gasteiger partial charge >= 0.3 is 0 Å². The number of hydrogen-bond acceptors (Lipinski definition) is 4. The van der Waals surface area contributed by atoms with E-state index in [9.17, 15) is 4.79 Å². The molecule has 0 unspecified atom stereocenters. The monoisotopic (exact) mass is 500 g/mol. The maximum atomic E-state index is 12.3. The summed E-state index contributed by atoms with van der Waals surface area (Å²) in [5.41, 5.74) is 5.72. The second-order valence-electron chi connectivity index (χ2n) is 6.70. The van der Waals surface area contributed by atoms with E-state index in [1.165, 1.54) is 0 Å². The number of nitrogens with zero attached hydrogens (tertiary/aromatic N) is 1.